The zero-order valence-electron chi connectivity index (χ0n) is 17.6. The van der Waals surface area contributed by atoms with Crippen LogP contribution in [0.5, 0.6) is 0 Å². The van der Waals surface area contributed by atoms with E-state index in [1.54, 1.807) is 0 Å². The Morgan fingerprint density at radius 2 is 1.73 bits per heavy atom. The van der Waals surface area contributed by atoms with Crippen LogP contribution in [0.3, 0.4) is 0 Å². The molecule has 2 N–H and O–H groups in total. The highest BCUT2D eigenvalue weighted by Crippen LogP contribution is 2.23. The first-order valence-electron chi connectivity index (χ1n) is 10.9. The summed E-state index contributed by atoms with van der Waals surface area (Å²) in [5.74, 6) is 0.334. The number of hydrogen-bond acceptors (Lipinski definition) is 3. The Bertz CT molecular complexity index is 861. The van der Waals surface area contributed by atoms with Gasteiger partial charge in [0.25, 0.3) is 0 Å². The summed E-state index contributed by atoms with van der Waals surface area (Å²) in [6.45, 7) is 7.27. The third-order valence-corrected chi connectivity index (χ3v) is 6.09. The van der Waals surface area contributed by atoms with Gasteiger partial charge in [-0.05, 0) is 37.6 Å². The van der Waals surface area contributed by atoms with Gasteiger partial charge < -0.3 is 20.0 Å². The van der Waals surface area contributed by atoms with Gasteiger partial charge in [-0.1, -0.05) is 30.3 Å². The summed E-state index contributed by atoms with van der Waals surface area (Å²) in [7, 11) is 0. The van der Waals surface area contributed by atoms with Crippen LogP contribution in [0.1, 0.15) is 25.3 Å². The molecule has 2 saturated heterocycles. The first-order valence-corrected chi connectivity index (χ1v) is 10.9. The Kier molecular flexibility index (Phi) is 6.33. The number of quaternary nitrogens is 1. The maximum atomic E-state index is 12.9. The molecule has 0 saturated carbocycles. The molecule has 0 spiro atoms. The molecule has 30 heavy (non-hydrogen) atoms. The largest absolute Gasteiger partial charge is 0.374 e. The van der Waals surface area contributed by atoms with Crippen molar-refractivity contribution in [3.8, 4) is 0 Å². The number of nitrogens with zero attached hydrogens (tertiary/aromatic N) is 2. The Morgan fingerprint density at radius 3 is 2.37 bits per heavy atom. The predicted octanol–water partition coefficient (Wildman–Crippen LogP) is 1.54. The zero-order chi connectivity index (χ0) is 20.9. The smallest absolute Gasteiger partial charge is 0.245 e. The fourth-order valence-electron chi connectivity index (χ4n) is 4.35. The Labute approximate surface area is 178 Å². The van der Waals surface area contributed by atoms with Gasteiger partial charge >= 0.3 is 0 Å². The summed E-state index contributed by atoms with van der Waals surface area (Å²) in [5, 5.41) is 3.32. The molecule has 1 atom stereocenters. The van der Waals surface area contributed by atoms with Crippen molar-refractivity contribution in [2.24, 2.45) is 0 Å². The fraction of sp³-hybridized carbons (Fsp3) is 0.417. The van der Waals surface area contributed by atoms with Gasteiger partial charge in [-0.25, -0.2) is 0 Å². The molecule has 158 valence electrons. The minimum atomic E-state index is -0.278. The average Bonchev–Trinajstić information content (AvgIpc) is 3.21. The predicted molar refractivity (Wildman–Crippen MR) is 119 cm³/mol. The van der Waals surface area contributed by atoms with E-state index < -0.39 is 0 Å². The molecule has 0 unspecified atom stereocenters. The van der Waals surface area contributed by atoms with Crippen molar-refractivity contribution in [2.45, 2.75) is 32.4 Å². The highest BCUT2D eigenvalue weighted by Gasteiger charge is 2.27. The lowest BCUT2D eigenvalue weighted by atomic mass is 10.2. The standard InChI is InChI=1S/C24H30N4O2/c1-19(25-21-9-11-22(12-10-21)28-13-5-8-23(28)29)24(30)27-16-14-26(15-17-27)18-20-6-3-2-4-7-20/h2-4,6-7,9-12,19,25H,5,8,13-18H2,1H3/p+1/t19-/m1/s1. The Morgan fingerprint density at radius 1 is 1.03 bits per heavy atom. The van der Waals surface area contributed by atoms with E-state index in [1.165, 1.54) is 10.5 Å². The number of hydrogen-bond donors (Lipinski definition) is 2. The van der Waals surface area contributed by atoms with Crippen molar-refractivity contribution in [2.75, 3.05) is 42.9 Å². The lowest BCUT2D eigenvalue weighted by Crippen LogP contribution is -3.13. The van der Waals surface area contributed by atoms with Gasteiger partial charge in [-0.2, -0.15) is 0 Å². The second-order valence-corrected chi connectivity index (χ2v) is 8.30. The summed E-state index contributed by atoms with van der Waals surface area (Å²) in [4.78, 5) is 30.1. The molecule has 0 bridgehead atoms. The van der Waals surface area contributed by atoms with Crippen LogP contribution in [0.2, 0.25) is 0 Å². The van der Waals surface area contributed by atoms with E-state index in [0.717, 1.165) is 57.1 Å². The van der Waals surface area contributed by atoms with E-state index in [1.807, 2.05) is 47.1 Å². The lowest BCUT2D eigenvalue weighted by Gasteiger charge is -2.34. The maximum Gasteiger partial charge on any atom is 0.245 e. The minimum Gasteiger partial charge on any atom is -0.374 e. The van der Waals surface area contributed by atoms with Gasteiger partial charge in [-0.15, -0.1) is 0 Å². The van der Waals surface area contributed by atoms with Crippen molar-refractivity contribution >= 4 is 23.2 Å². The molecule has 2 heterocycles. The SMILES string of the molecule is C[C@@H](Nc1ccc(N2CCCC2=O)cc1)C(=O)N1CC[NH+](Cc2ccccc2)CC1. The van der Waals surface area contributed by atoms with Crippen LogP contribution in [-0.4, -0.2) is 55.5 Å². The van der Waals surface area contributed by atoms with Crippen molar-refractivity contribution in [1.82, 2.24) is 4.90 Å². The Hall–Kier alpha value is -2.86. The lowest BCUT2D eigenvalue weighted by molar-refractivity contribution is -0.917. The minimum absolute atomic E-state index is 0.146. The molecule has 2 fully saturated rings. The zero-order valence-corrected chi connectivity index (χ0v) is 17.6. The number of carbonyl (C=O) groups is 2. The number of benzene rings is 2. The van der Waals surface area contributed by atoms with Gasteiger partial charge in [0.2, 0.25) is 11.8 Å². The number of anilines is 2. The molecular formula is C24H31N4O2+. The second-order valence-electron chi connectivity index (χ2n) is 8.30. The molecule has 0 aromatic heterocycles. The molecule has 2 amide bonds. The number of piperazine rings is 1. The first-order chi connectivity index (χ1) is 14.6. The van der Waals surface area contributed by atoms with Gasteiger partial charge in [-0.3, -0.25) is 9.59 Å². The molecule has 2 aliphatic rings. The van der Waals surface area contributed by atoms with Crippen LogP contribution in [0.15, 0.2) is 54.6 Å². The third kappa shape index (κ3) is 4.82. The number of nitrogens with one attached hydrogen (secondary N) is 2. The van der Waals surface area contributed by atoms with E-state index in [9.17, 15) is 9.59 Å². The number of rotatable bonds is 6. The summed E-state index contributed by atoms with van der Waals surface area (Å²) in [5.41, 5.74) is 3.18. The Balaban J connectivity index is 1.26. The third-order valence-electron chi connectivity index (χ3n) is 6.09. The maximum absolute atomic E-state index is 12.9. The van der Waals surface area contributed by atoms with Gasteiger partial charge in [0, 0.05) is 29.9 Å². The van der Waals surface area contributed by atoms with Gasteiger partial charge in [0.1, 0.15) is 12.6 Å². The quantitative estimate of drug-likeness (QED) is 0.764. The van der Waals surface area contributed by atoms with Crippen LogP contribution < -0.4 is 15.1 Å². The van der Waals surface area contributed by atoms with E-state index in [4.69, 9.17) is 0 Å². The van der Waals surface area contributed by atoms with Crippen LogP contribution >= 0.6 is 0 Å². The van der Waals surface area contributed by atoms with Crippen LogP contribution in [0.25, 0.3) is 0 Å². The first kappa shape index (κ1) is 20.4. The van der Waals surface area contributed by atoms with Crippen molar-refractivity contribution in [1.29, 1.82) is 0 Å². The van der Waals surface area contributed by atoms with Crippen LogP contribution in [0, 0.1) is 0 Å². The monoisotopic (exact) mass is 407 g/mol. The van der Waals surface area contributed by atoms with E-state index in [0.29, 0.717) is 6.42 Å². The fourth-order valence-corrected chi connectivity index (χ4v) is 4.35. The molecule has 6 nitrogen and oxygen atoms in total. The summed E-state index contributed by atoms with van der Waals surface area (Å²) < 4.78 is 0. The van der Waals surface area contributed by atoms with E-state index in [-0.39, 0.29) is 17.9 Å². The molecular weight excluding hydrogens is 376 g/mol. The number of amides is 2. The molecule has 4 rings (SSSR count). The number of carbonyl (C=O) groups excluding carboxylic acids is 2. The normalized spacial score (nSPS) is 18.5. The van der Waals surface area contributed by atoms with Gasteiger partial charge in [0.15, 0.2) is 0 Å². The van der Waals surface area contributed by atoms with E-state index in [2.05, 4.69) is 29.6 Å². The summed E-state index contributed by atoms with van der Waals surface area (Å²) in [6, 6.07) is 18.1. The molecule has 2 aromatic rings. The molecule has 6 heteroatoms. The second kappa shape index (κ2) is 9.30. The van der Waals surface area contributed by atoms with Crippen LogP contribution in [0.4, 0.5) is 11.4 Å². The highest BCUT2D eigenvalue weighted by molar-refractivity contribution is 5.95. The highest BCUT2D eigenvalue weighted by atomic mass is 16.2. The van der Waals surface area contributed by atoms with Crippen molar-refractivity contribution in [3.05, 3.63) is 60.2 Å². The molecule has 2 aliphatic heterocycles. The molecule has 2 aromatic carbocycles. The van der Waals surface area contributed by atoms with Gasteiger partial charge in [0.05, 0.1) is 26.2 Å². The molecule has 0 aliphatic carbocycles. The summed E-state index contributed by atoms with van der Waals surface area (Å²) >= 11 is 0. The average molecular weight is 408 g/mol. The van der Waals surface area contributed by atoms with Crippen LogP contribution in [-0.2, 0) is 16.1 Å². The molecule has 0 radical (unpaired) electrons. The van der Waals surface area contributed by atoms with Crippen molar-refractivity contribution < 1.29 is 14.5 Å². The topological polar surface area (TPSA) is 57.1 Å². The van der Waals surface area contributed by atoms with Crippen molar-refractivity contribution in [3.63, 3.8) is 0 Å². The summed E-state index contributed by atoms with van der Waals surface area (Å²) in [6.07, 6.45) is 1.55. The van der Waals surface area contributed by atoms with E-state index >= 15 is 0 Å².